The molecule has 3 heterocycles. The van der Waals surface area contributed by atoms with E-state index in [1.807, 2.05) is 13.8 Å². The Morgan fingerprint density at radius 2 is 1.97 bits per heavy atom. The highest BCUT2D eigenvalue weighted by Crippen LogP contribution is 2.29. The summed E-state index contributed by atoms with van der Waals surface area (Å²) in [7, 11) is -4.10. The topological polar surface area (TPSA) is 133 Å². The van der Waals surface area contributed by atoms with Gasteiger partial charge in [-0.3, -0.25) is 14.5 Å². The maximum absolute atomic E-state index is 13.4. The fourth-order valence-corrected chi connectivity index (χ4v) is 4.61. The van der Waals surface area contributed by atoms with E-state index in [0.717, 1.165) is 18.2 Å². The van der Waals surface area contributed by atoms with E-state index in [2.05, 4.69) is 19.7 Å². The van der Waals surface area contributed by atoms with Crippen molar-refractivity contribution in [2.45, 2.75) is 24.8 Å². The molecule has 0 aliphatic rings. The predicted octanol–water partition coefficient (Wildman–Crippen LogP) is 3.81. The quantitative estimate of drug-likeness (QED) is 0.394. The molecule has 0 radical (unpaired) electrons. The summed E-state index contributed by atoms with van der Waals surface area (Å²) in [6, 6.07) is 4.37. The molecule has 0 amide bonds. The summed E-state index contributed by atoms with van der Waals surface area (Å²) in [4.78, 5) is 25.3. The van der Waals surface area contributed by atoms with E-state index < -0.39 is 21.6 Å². The van der Waals surface area contributed by atoms with Gasteiger partial charge in [0.15, 0.2) is 5.78 Å². The summed E-state index contributed by atoms with van der Waals surface area (Å²) < 4.78 is 42.9. The molecule has 33 heavy (non-hydrogen) atoms. The molecular weight excluding hydrogens is 471 g/mol. The van der Waals surface area contributed by atoms with Crippen molar-refractivity contribution in [2.75, 3.05) is 10.5 Å². The van der Waals surface area contributed by atoms with E-state index in [1.54, 1.807) is 10.8 Å². The van der Waals surface area contributed by atoms with Gasteiger partial charge in [-0.15, -0.1) is 0 Å². The standard InChI is InChI=1S/C21H18ClFN6O3S/c1-11(2)29-9-15(18-20(24)26-10-27-21(18)29)19(30)12-5-13(8-25-7-12)28-33(31,32)14-3-4-17(23)16(22)6-14/h3-11,28H,1-2H3,(H2,24,26,27). The lowest BCUT2D eigenvalue weighted by Crippen LogP contribution is -2.14. The van der Waals surface area contributed by atoms with E-state index in [9.17, 15) is 17.6 Å². The number of aromatic nitrogens is 4. The molecule has 1 aromatic carbocycles. The molecule has 0 bridgehead atoms. The number of fused-ring (bicyclic) bond motifs is 1. The van der Waals surface area contributed by atoms with Crippen LogP contribution in [0.4, 0.5) is 15.9 Å². The lowest BCUT2D eigenvalue weighted by atomic mass is 10.1. The van der Waals surface area contributed by atoms with E-state index in [4.69, 9.17) is 17.3 Å². The van der Waals surface area contributed by atoms with Crippen LogP contribution in [0.15, 0.2) is 54.1 Å². The van der Waals surface area contributed by atoms with Gasteiger partial charge in [-0.1, -0.05) is 11.6 Å². The van der Waals surface area contributed by atoms with Gasteiger partial charge in [0, 0.05) is 24.0 Å². The number of benzene rings is 1. The SMILES string of the molecule is CC(C)n1cc(C(=O)c2cncc(NS(=O)(=O)c3ccc(F)c(Cl)c3)c2)c2c(N)ncnc21. The Morgan fingerprint density at radius 1 is 1.21 bits per heavy atom. The molecule has 0 unspecified atom stereocenters. The molecule has 0 fully saturated rings. The van der Waals surface area contributed by atoms with E-state index in [0.29, 0.717) is 11.0 Å². The largest absolute Gasteiger partial charge is 0.383 e. The predicted molar refractivity (Wildman–Crippen MR) is 122 cm³/mol. The molecule has 3 aromatic heterocycles. The van der Waals surface area contributed by atoms with Crippen LogP contribution in [0.2, 0.25) is 5.02 Å². The first-order valence-corrected chi connectivity index (χ1v) is 11.5. The van der Waals surface area contributed by atoms with Crippen molar-refractivity contribution in [2.24, 2.45) is 0 Å². The Kier molecular flexibility index (Phi) is 5.76. The molecule has 0 saturated carbocycles. The van der Waals surface area contributed by atoms with Crippen LogP contribution < -0.4 is 10.5 Å². The van der Waals surface area contributed by atoms with Crippen LogP contribution in [-0.2, 0) is 10.0 Å². The van der Waals surface area contributed by atoms with Gasteiger partial charge in [0.2, 0.25) is 0 Å². The normalized spacial score (nSPS) is 11.8. The molecular formula is C21H18ClFN6O3S. The number of carbonyl (C=O) groups excluding carboxylic acids is 1. The highest BCUT2D eigenvalue weighted by molar-refractivity contribution is 7.92. The first-order chi connectivity index (χ1) is 15.6. The van der Waals surface area contributed by atoms with Crippen molar-refractivity contribution in [1.29, 1.82) is 0 Å². The number of hydrogen-bond donors (Lipinski definition) is 2. The number of nitrogens with zero attached hydrogens (tertiary/aromatic N) is 4. The Morgan fingerprint density at radius 3 is 2.67 bits per heavy atom. The fraction of sp³-hybridized carbons (Fsp3) is 0.143. The maximum Gasteiger partial charge on any atom is 0.261 e. The van der Waals surface area contributed by atoms with Gasteiger partial charge in [-0.25, -0.2) is 22.8 Å². The van der Waals surface area contributed by atoms with Gasteiger partial charge in [0.1, 0.15) is 23.6 Å². The fourth-order valence-electron chi connectivity index (χ4n) is 3.31. The molecule has 12 heteroatoms. The van der Waals surface area contributed by atoms with Crippen molar-refractivity contribution < 1.29 is 17.6 Å². The third-order valence-corrected chi connectivity index (χ3v) is 6.56. The molecule has 0 atom stereocenters. The number of ketones is 1. The first-order valence-electron chi connectivity index (χ1n) is 9.67. The number of nitrogen functional groups attached to an aromatic ring is 1. The van der Waals surface area contributed by atoms with Gasteiger partial charge < -0.3 is 10.3 Å². The molecule has 0 spiro atoms. The van der Waals surface area contributed by atoms with Gasteiger partial charge in [-0.2, -0.15) is 0 Å². The second-order valence-electron chi connectivity index (χ2n) is 7.47. The first kappa shape index (κ1) is 22.6. The van der Waals surface area contributed by atoms with Gasteiger partial charge in [-0.05, 0) is 38.1 Å². The van der Waals surface area contributed by atoms with Crippen molar-refractivity contribution in [3.63, 3.8) is 0 Å². The summed E-state index contributed by atoms with van der Waals surface area (Å²) in [5, 5.41) is 0.0735. The van der Waals surface area contributed by atoms with Crippen molar-refractivity contribution in [3.05, 3.63) is 71.2 Å². The number of sulfonamides is 1. The summed E-state index contributed by atoms with van der Waals surface area (Å²) in [5.41, 5.74) is 6.97. The third kappa shape index (κ3) is 4.24. The van der Waals surface area contributed by atoms with Crippen LogP contribution >= 0.6 is 11.6 Å². The van der Waals surface area contributed by atoms with Crippen LogP contribution in [0.25, 0.3) is 11.0 Å². The van der Waals surface area contributed by atoms with Crippen LogP contribution in [0.3, 0.4) is 0 Å². The van der Waals surface area contributed by atoms with Gasteiger partial charge >= 0.3 is 0 Å². The van der Waals surface area contributed by atoms with Crippen molar-refractivity contribution in [3.8, 4) is 0 Å². The number of nitrogens with one attached hydrogen (secondary N) is 1. The minimum absolute atomic E-state index is 0.00199. The Balaban J connectivity index is 1.72. The number of rotatable bonds is 6. The molecule has 0 aliphatic heterocycles. The molecule has 9 nitrogen and oxygen atoms in total. The number of hydrogen-bond acceptors (Lipinski definition) is 7. The van der Waals surface area contributed by atoms with E-state index >= 15 is 0 Å². The zero-order valence-corrected chi connectivity index (χ0v) is 19.0. The zero-order valence-electron chi connectivity index (χ0n) is 17.5. The van der Waals surface area contributed by atoms with Crippen LogP contribution in [0.5, 0.6) is 0 Å². The second-order valence-corrected chi connectivity index (χ2v) is 9.56. The summed E-state index contributed by atoms with van der Waals surface area (Å²) in [5.74, 6) is -1.02. The Labute approximate surface area is 193 Å². The van der Waals surface area contributed by atoms with E-state index in [1.165, 1.54) is 24.8 Å². The number of anilines is 2. The average Bonchev–Trinajstić information content (AvgIpc) is 3.16. The third-order valence-electron chi connectivity index (χ3n) is 4.89. The van der Waals surface area contributed by atoms with Crippen LogP contribution in [0.1, 0.15) is 35.8 Å². The van der Waals surface area contributed by atoms with Gasteiger partial charge in [0.05, 0.1) is 32.8 Å². The molecule has 3 N–H and O–H groups in total. The van der Waals surface area contributed by atoms with Crippen molar-refractivity contribution in [1.82, 2.24) is 19.5 Å². The lowest BCUT2D eigenvalue weighted by Gasteiger charge is -2.09. The van der Waals surface area contributed by atoms with Gasteiger partial charge in [0.25, 0.3) is 10.0 Å². The van der Waals surface area contributed by atoms with Crippen molar-refractivity contribution >= 4 is 49.9 Å². The molecule has 0 saturated heterocycles. The smallest absolute Gasteiger partial charge is 0.261 e. The monoisotopic (exact) mass is 488 g/mol. The molecule has 4 aromatic rings. The summed E-state index contributed by atoms with van der Waals surface area (Å²) in [6.07, 6.45) is 5.52. The Bertz CT molecular complexity index is 1500. The zero-order chi connectivity index (χ0) is 23.9. The summed E-state index contributed by atoms with van der Waals surface area (Å²) in [6.45, 7) is 3.87. The highest BCUT2D eigenvalue weighted by Gasteiger charge is 2.23. The second kappa shape index (κ2) is 8.41. The Hall–Kier alpha value is -3.57. The average molecular weight is 489 g/mol. The highest BCUT2D eigenvalue weighted by atomic mass is 35.5. The minimum Gasteiger partial charge on any atom is -0.383 e. The molecule has 4 rings (SSSR count). The molecule has 0 aliphatic carbocycles. The van der Waals surface area contributed by atoms with E-state index in [-0.39, 0.29) is 38.6 Å². The minimum atomic E-state index is -4.10. The number of carbonyl (C=O) groups is 1. The number of pyridine rings is 1. The lowest BCUT2D eigenvalue weighted by molar-refractivity contribution is 0.103. The van der Waals surface area contributed by atoms with Crippen LogP contribution in [0, 0.1) is 5.82 Å². The van der Waals surface area contributed by atoms with Crippen LogP contribution in [-0.4, -0.2) is 33.7 Å². The maximum atomic E-state index is 13.4. The number of nitrogens with two attached hydrogens (primary N) is 1. The molecule has 170 valence electrons. The summed E-state index contributed by atoms with van der Waals surface area (Å²) >= 11 is 5.70. The number of halogens is 2.